The molecule has 1 heterocycles. The lowest BCUT2D eigenvalue weighted by atomic mass is 10.2. The van der Waals surface area contributed by atoms with Gasteiger partial charge < -0.3 is 9.74 Å². The van der Waals surface area contributed by atoms with Crippen LogP contribution in [0, 0.1) is 0 Å². The molecule has 3 rings (SSSR count). The molecule has 5 heteroatoms. The summed E-state index contributed by atoms with van der Waals surface area (Å²) in [4.78, 5) is 19.6. The Hall–Kier alpha value is -2.27. The summed E-state index contributed by atoms with van der Waals surface area (Å²) in [6, 6.07) is 19.8. The van der Waals surface area contributed by atoms with Crippen LogP contribution in [0.2, 0.25) is 0 Å². The van der Waals surface area contributed by atoms with Crippen LogP contribution in [-0.2, 0) is 22.8 Å². The summed E-state index contributed by atoms with van der Waals surface area (Å²) in [6.07, 6.45) is 0. The molecule has 4 nitrogen and oxygen atoms in total. The zero-order valence-electron chi connectivity index (χ0n) is 12.7. The van der Waals surface area contributed by atoms with Crippen molar-refractivity contribution in [3.8, 4) is 0 Å². The Labute approximate surface area is 140 Å². The largest absolute Gasteiger partial charge is 0.390 e. The predicted molar refractivity (Wildman–Crippen MR) is 93.0 cm³/mol. The van der Waals surface area contributed by atoms with Crippen molar-refractivity contribution in [1.82, 2.24) is 4.90 Å². The average molecular weight is 326 g/mol. The third-order valence-corrected chi connectivity index (χ3v) is 4.42. The molecular formula is C18H18N2O2S. The van der Waals surface area contributed by atoms with Crippen molar-refractivity contribution in [3.63, 3.8) is 0 Å². The lowest BCUT2D eigenvalue weighted by molar-refractivity contribution is -0.124. The van der Waals surface area contributed by atoms with Crippen molar-refractivity contribution in [3.05, 3.63) is 71.8 Å². The minimum Gasteiger partial charge on any atom is -0.390 e. The van der Waals surface area contributed by atoms with E-state index in [0.717, 1.165) is 23.4 Å². The molecule has 1 saturated heterocycles. The maximum Gasteiger partial charge on any atom is 0.282 e. The van der Waals surface area contributed by atoms with Gasteiger partial charge in [0.15, 0.2) is 0 Å². The summed E-state index contributed by atoms with van der Waals surface area (Å²) in [5.41, 5.74) is 2.16. The van der Waals surface area contributed by atoms with E-state index < -0.39 is 0 Å². The van der Waals surface area contributed by atoms with Crippen LogP contribution in [0.25, 0.3) is 0 Å². The monoisotopic (exact) mass is 326 g/mol. The van der Waals surface area contributed by atoms with Crippen molar-refractivity contribution in [1.29, 1.82) is 0 Å². The number of thioether (sulfide) groups is 1. The van der Waals surface area contributed by atoms with E-state index >= 15 is 0 Å². The topological polar surface area (TPSA) is 41.9 Å². The quantitative estimate of drug-likeness (QED) is 0.792. The fourth-order valence-electron chi connectivity index (χ4n) is 2.31. The standard InChI is InChI=1S/C18H18N2O2S/c21-18-17(19-22-14-16-9-5-2-6-10-16)23-12-11-20(18)13-15-7-3-1-4-8-15/h1-10H,11-14H2. The molecule has 23 heavy (non-hydrogen) atoms. The summed E-state index contributed by atoms with van der Waals surface area (Å²) < 4.78 is 0. The van der Waals surface area contributed by atoms with E-state index in [4.69, 9.17) is 4.84 Å². The van der Waals surface area contributed by atoms with Crippen LogP contribution in [0.15, 0.2) is 65.8 Å². The molecule has 1 aliphatic heterocycles. The van der Waals surface area contributed by atoms with Crippen molar-refractivity contribution in [2.45, 2.75) is 13.2 Å². The van der Waals surface area contributed by atoms with Gasteiger partial charge in [-0.25, -0.2) is 0 Å². The zero-order chi connectivity index (χ0) is 15.9. The van der Waals surface area contributed by atoms with Gasteiger partial charge in [-0.3, -0.25) is 4.79 Å². The number of hydrogen-bond acceptors (Lipinski definition) is 4. The van der Waals surface area contributed by atoms with E-state index in [2.05, 4.69) is 5.16 Å². The van der Waals surface area contributed by atoms with Crippen LogP contribution < -0.4 is 0 Å². The molecule has 0 radical (unpaired) electrons. The molecule has 0 aliphatic carbocycles. The molecule has 0 saturated carbocycles. The summed E-state index contributed by atoms with van der Waals surface area (Å²) in [5.74, 6) is 0.782. The number of nitrogens with zero attached hydrogens (tertiary/aromatic N) is 2. The van der Waals surface area contributed by atoms with Gasteiger partial charge in [0.05, 0.1) is 0 Å². The van der Waals surface area contributed by atoms with Crippen LogP contribution in [0.5, 0.6) is 0 Å². The molecule has 118 valence electrons. The van der Waals surface area contributed by atoms with E-state index in [1.165, 1.54) is 11.8 Å². The Balaban J connectivity index is 1.59. The number of hydrogen-bond donors (Lipinski definition) is 0. The summed E-state index contributed by atoms with van der Waals surface area (Å²) in [7, 11) is 0. The molecule has 0 aromatic heterocycles. The Morgan fingerprint density at radius 3 is 2.35 bits per heavy atom. The minimum absolute atomic E-state index is 0.0573. The van der Waals surface area contributed by atoms with Crippen LogP contribution in [0.1, 0.15) is 11.1 Å². The van der Waals surface area contributed by atoms with Crippen LogP contribution in [0.4, 0.5) is 0 Å². The normalized spacial score (nSPS) is 16.6. The molecule has 1 amide bonds. The van der Waals surface area contributed by atoms with Gasteiger partial charge in [0.2, 0.25) is 5.04 Å². The SMILES string of the molecule is O=C1C(=NOCc2ccccc2)SCCN1Cc1ccccc1. The minimum atomic E-state index is -0.0573. The van der Waals surface area contributed by atoms with E-state index in [1.807, 2.05) is 65.6 Å². The highest BCUT2D eigenvalue weighted by molar-refractivity contribution is 8.15. The second kappa shape index (κ2) is 7.83. The molecule has 1 aliphatic rings. The second-order valence-electron chi connectivity index (χ2n) is 5.22. The summed E-state index contributed by atoms with van der Waals surface area (Å²) >= 11 is 1.45. The summed E-state index contributed by atoms with van der Waals surface area (Å²) in [5, 5.41) is 4.47. The fraction of sp³-hybridized carbons (Fsp3) is 0.222. The molecular weight excluding hydrogens is 308 g/mol. The van der Waals surface area contributed by atoms with Gasteiger partial charge in [0.1, 0.15) is 6.61 Å². The number of benzene rings is 2. The Bertz CT molecular complexity index is 674. The third-order valence-electron chi connectivity index (χ3n) is 3.51. The number of amides is 1. The molecule has 2 aromatic carbocycles. The highest BCUT2D eigenvalue weighted by Gasteiger charge is 2.26. The second-order valence-corrected chi connectivity index (χ2v) is 6.30. The lowest BCUT2D eigenvalue weighted by Crippen LogP contribution is -2.40. The molecule has 2 aromatic rings. The van der Waals surface area contributed by atoms with Gasteiger partial charge in [-0.15, -0.1) is 0 Å². The Kier molecular flexibility index (Phi) is 5.32. The molecule has 0 atom stereocenters. The number of carbonyl (C=O) groups is 1. The molecule has 1 fully saturated rings. The lowest BCUT2D eigenvalue weighted by Gasteiger charge is -2.26. The van der Waals surface area contributed by atoms with Gasteiger partial charge in [0, 0.05) is 18.8 Å². The van der Waals surface area contributed by atoms with E-state index in [0.29, 0.717) is 18.2 Å². The highest BCUT2D eigenvalue weighted by Crippen LogP contribution is 2.18. The van der Waals surface area contributed by atoms with Gasteiger partial charge in [0.25, 0.3) is 5.91 Å². The zero-order valence-corrected chi connectivity index (χ0v) is 13.5. The van der Waals surface area contributed by atoms with Crippen molar-refractivity contribution in [2.24, 2.45) is 5.16 Å². The van der Waals surface area contributed by atoms with Gasteiger partial charge in [-0.05, 0) is 11.1 Å². The van der Waals surface area contributed by atoms with Gasteiger partial charge in [-0.2, -0.15) is 0 Å². The average Bonchev–Trinajstić information content (AvgIpc) is 2.60. The highest BCUT2D eigenvalue weighted by atomic mass is 32.2. The first-order valence-corrected chi connectivity index (χ1v) is 8.51. The van der Waals surface area contributed by atoms with Crippen molar-refractivity contribution in [2.75, 3.05) is 12.3 Å². The number of rotatable bonds is 5. The number of carbonyl (C=O) groups excluding carboxylic acids is 1. The first kappa shape index (κ1) is 15.6. The Morgan fingerprint density at radius 2 is 1.65 bits per heavy atom. The van der Waals surface area contributed by atoms with Crippen molar-refractivity contribution >= 4 is 22.7 Å². The summed E-state index contributed by atoms with van der Waals surface area (Å²) in [6.45, 7) is 1.71. The van der Waals surface area contributed by atoms with Gasteiger partial charge in [-0.1, -0.05) is 77.6 Å². The third kappa shape index (κ3) is 4.36. The van der Waals surface area contributed by atoms with E-state index in [9.17, 15) is 4.79 Å². The Morgan fingerprint density at radius 1 is 1.00 bits per heavy atom. The maximum atomic E-state index is 12.5. The maximum absolute atomic E-state index is 12.5. The van der Waals surface area contributed by atoms with E-state index in [-0.39, 0.29) is 5.91 Å². The molecule has 0 unspecified atom stereocenters. The predicted octanol–water partition coefficient (Wildman–Crippen LogP) is 3.29. The van der Waals surface area contributed by atoms with Crippen LogP contribution in [0.3, 0.4) is 0 Å². The first-order valence-electron chi connectivity index (χ1n) is 7.53. The molecule has 0 bridgehead atoms. The molecule has 0 N–H and O–H groups in total. The number of oxime groups is 1. The van der Waals surface area contributed by atoms with Gasteiger partial charge >= 0.3 is 0 Å². The fourth-order valence-corrected chi connectivity index (χ4v) is 3.17. The molecule has 0 spiro atoms. The van der Waals surface area contributed by atoms with E-state index in [1.54, 1.807) is 0 Å². The van der Waals surface area contributed by atoms with Crippen LogP contribution in [-0.4, -0.2) is 28.1 Å². The van der Waals surface area contributed by atoms with Crippen LogP contribution >= 0.6 is 11.8 Å². The smallest absolute Gasteiger partial charge is 0.282 e. The van der Waals surface area contributed by atoms with Crippen molar-refractivity contribution < 1.29 is 9.63 Å². The first-order chi connectivity index (χ1) is 11.3.